The number of nitrogens with zero attached hydrogens (tertiary/aromatic N) is 3. The molecule has 2 aromatic rings. The number of carbonyl (C=O) groups excluding carboxylic acids is 1. The molecule has 2 atom stereocenters. The smallest absolute Gasteiger partial charge is 0.223 e. The SMILES string of the molecule is CCn1c(C2CCCN2C(=O)CC(C)C2CCNCC2)nc2ccccc21.Cl.Cl. The number of aryl methyl sites for hydroxylation is 1. The van der Waals surface area contributed by atoms with E-state index in [-0.39, 0.29) is 30.9 Å². The van der Waals surface area contributed by atoms with Gasteiger partial charge in [-0.15, -0.1) is 24.8 Å². The fraction of sp³-hybridized carbons (Fsp3) is 0.636. The molecule has 3 heterocycles. The molecule has 2 aliphatic heterocycles. The number of piperidine rings is 1. The van der Waals surface area contributed by atoms with E-state index in [0.717, 1.165) is 50.4 Å². The Bertz CT molecular complexity index is 803. The Morgan fingerprint density at radius 2 is 1.93 bits per heavy atom. The van der Waals surface area contributed by atoms with Crippen molar-refractivity contribution in [2.24, 2.45) is 11.8 Å². The van der Waals surface area contributed by atoms with Gasteiger partial charge in [0.05, 0.1) is 17.1 Å². The molecule has 0 spiro atoms. The molecule has 2 aliphatic rings. The predicted octanol–water partition coefficient (Wildman–Crippen LogP) is 4.59. The van der Waals surface area contributed by atoms with Crippen molar-refractivity contribution in [2.75, 3.05) is 19.6 Å². The molecule has 2 saturated heterocycles. The van der Waals surface area contributed by atoms with E-state index in [4.69, 9.17) is 4.98 Å². The monoisotopic (exact) mass is 440 g/mol. The van der Waals surface area contributed by atoms with Gasteiger partial charge in [0.15, 0.2) is 0 Å². The van der Waals surface area contributed by atoms with E-state index in [2.05, 4.69) is 46.8 Å². The third kappa shape index (κ3) is 4.89. The van der Waals surface area contributed by atoms with Crippen molar-refractivity contribution in [1.82, 2.24) is 19.8 Å². The Morgan fingerprint density at radius 3 is 2.66 bits per heavy atom. The van der Waals surface area contributed by atoms with Gasteiger partial charge in [-0.2, -0.15) is 0 Å². The summed E-state index contributed by atoms with van der Waals surface area (Å²) < 4.78 is 2.29. The van der Waals surface area contributed by atoms with Crippen LogP contribution in [0.2, 0.25) is 0 Å². The molecule has 1 amide bonds. The largest absolute Gasteiger partial charge is 0.332 e. The van der Waals surface area contributed by atoms with Crippen LogP contribution in [0.5, 0.6) is 0 Å². The van der Waals surface area contributed by atoms with E-state index in [9.17, 15) is 4.79 Å². The molecular weight excluding hydrogens is 407 g/mol. The number of hydrogen-bond donors (Lipinski definition) is 1. The second-order valence-corrected chi connectivity index (χ2v) is 8.22. The van der Waals surface area contributed by atoms with E-state index >= 15 is 0 Å². The summed E-state index contributed by atoms with van der Waals surface area (Å²) in [6.45, 7) is 8.37. The number of likely N-dealkylation sites (tertiary alicyclic amines) is 1. The summed E-state index contributed by atoms with van der Waals surface area (Å²) in [5.74, 6) is 2.53. The average Bonchev–Trinajstić information content (AvgIpc) is 3.32. The summed E-state index contributed by atoms with van der Waals surface area (Å²) in [5.41, 5.74) is 2.22. The van der Waals surface area contributed by atoms with Crippen LogP contribution in [0.4, 0.5) is 0 Å². The number of halogens is 2. The Morgan fingerprint density at radius 1 is 1.21 bits per heavy atom. The Balaban J connectivity index is 0.00000150. The van der Waals surface area contributed by atoms with Crippen LogP contribution in [0.1, 0.15) is 57.8 Å². The lowest BCUT2D eigenvalue weighted by atomic mass is 9.84. The standard InChI is InChI=1S/C22H32N4O.2ClH/c1-3-25-19-8-5-4-7-18(19)24-22(25)20-9-6-14-26(20)21(27)15-16(2)17-10-12-23-13-11-17;;/h4-5,7-8,16-17,20,23H,3,6,9-15H2,1-2H3;2*1H. The van der Waals surface area contributed by atoms with Crippen LogP contribution in [0, 0.1) is 11.8 Å². The van der Waals surface area contributed by atoms with Crippen LogP contribution in [0.15, 0.2) is 24.3 Å². The van der Waals surface area contributed by atoms with Gasteiger partial charge in [-0.05, 0) is 69.7 Å². The topological polar surface area (TPSA) is 50.2 Å². The molecule has 0 aliphatic carbocycles. The van der Waals surface area contributed by atoms with Gasteiger partial charge >= 0.3 is 0 Å². The zero-order valence-corrected chi connectivity index (χ0v) is 19.1. The molecule has 0 bridgehead atoms. The molecule has 5 nitrogen and oxygen atoms in total. The number of fused-ring (bicyclic) bond motifs is 1. The summed E-state index contributed by atoms with van der Waals surface area (Å²) in [5, 5.41) is 3.43. The van der Waals surface area contributed by atoms with Gasteiger partial charge in [-0.25, -0.2) is 4.98 Å². The van der Waals surface area contributed by atoms with Crippen LogP contribution < -0.4 is 5.32 Å². The van der Waals surface area contributed by atoms with Gasteiger partial charge in [0, 0.05) is 19.5 Å². The van der Waals surface area contributed by atoms with Crippen LogP contribution in [-0.2, 0) is 11.3 Å². The maximum absolute atomic E-state index is 13.2. The first-order valence-electron chi connectivity index (χ1n) is 10.6. The maximum Gasteiger partial charge on any atom is 0.223 e. The number of para-hydroxylation sites is 2. The number of nitrogens with one attached hydrogen (secondary N) is 1. The van der Waals surface area contributed by atoms with Crippen molar-refractivity contribution in [2.45, 2.75) is 58.5 Å². The molecule has 1 N–H and O–H groups in total. The minimum absolute atomic E-state index is 0. The normalized spacial score (nSPS) is 20.9. The fourth-order valence-electron chi connectivity index (χ4n) is 4.99. The quantitative estimate of drug-likeness (QED) is 0.739. The van der Waals surface area contributed by atoms with Crippen LogP contribution >= 0.6 is 24.8 Å². The number of rotatable bonds is 5. The molecule has 0 radical (unpaired) electrons. The van der Waals surface area contributed by atoms with Crippen molar-refractivity contribution < 1.29 is 4.79 Å². The second-order valence-electron chi connectivity index (χ2n) is 8.22. The van der Waals surface area contributed by atoms with E-state index in [1.807, 2.05) is 6.07 Å². The van der Waals surface area contributed by atoms with Crippen molar-refractivity contribution in [3.63, 3.8) is 0 Å². The van der Waals surface area contributed by atoms with Gasteiger partial charge < -0.3 is 14.8 Å². The highest BCUT2D eigenvalue weighted by Gasteiger charge is 2.34. The first-order chi connectivity index (χ1) is 13.2. The van der Waals surface area contributed by atoms with E-state index in [0.29, 0.717) is 24.2 Å². The number of amides is 1. The third-order valence-electron chi connectivity index (χ3n) is 6.56. The lowest BCUT2D eigenvalue weighted by molar-refractivity contribution is -0.133. The minimum atomic E-state index is 0. The van der Waals surface area contributed by atoms with Crippen molar-refractivity contribution in [3.8, 4) is 0 Å². The highest BCUT2D eigenvalue weighted by molar-refractivity contribution is 5.85. The number of benzene rings is 1. The molecule has 162 valence electrons. The first-order valence-corrected chi connectivity index (χ1v) is 10.6. The van der Waals surface area contributed by atoms with Gasteiger partial charge in [0.25, 0.3) is 0 Å². The van der Waals surface area contributed by atoms with Crippen molar-refractivity contribution in [1.29, 1.82) is 0 Å². The number of carbonyl (C=O) groups is 1. The van der Waals surface area contributed by atoms with Crippen molar-refractivity contribution in [3.05, 3.63) is 30.1 Å². The maximum atomic E-state index is 13.2. The second kappa shape index (κ2) is 10.6. The Labute approximate surface area is 186 Å². The number of hydrogen-bond acceptors (Lipinski definition) is 3. The molecule has 2 unspecified atom stereocenters. The molecular formula is C22H34Cl2N4O. The van der Waals surface area contributed by atoms with Crippen LogP contribution in [0.25, 0.3) is 11.0 Å². The lowest BCUT2D eigenvalue weighted by Crippen LogP contribution is -2.36. The third-order valence-corrected chi connectivity index (χ3v) is 6.56. The molecule has 29 heavy (non-hydrogen) atoms. The van der Waals surface area contributed by atoms with E-state index < -0.39 is 0 Å². The molecule has 4 rings (SSSR count). The Kier molecular flexibility index (Phi) is 8.80. The van der Waals surface area contributed by atoms with Crippen molar-refractivity contribution >= 4 is 41.8 Å². The van der Waals surface area contributed by atoms with Gasteiger partial charge in [0.2, 0.25) is 5.91 Å². The van der Waals surface area contributed by atoms with Crippen LogP contribution in [0.3, 0.4) is 0 Å². The van der Waals surface area contributed by atoms with Crippen LogP contribution in [-0.4, -0.2) is 40.0 Å². The summed E-state index contributed by atoms with van der Waals surface area (Å²) in [6, 6.07) is 8.45. The molecule has 7 heteroatoms. The molecule has 1 aromatic heterocycles. The molecule has 1 aromatic carbocycles. The summed E-state index contributed by atoms with van der Waals surface area (Å²) in [6.07, 6.45) is 5.17. The van der Waals surface area contributed by atoms with Gasteiger partial charge in [-0.3, -0.25) is 4.79 Å². The number of imidazole rings is 1. The van der Waals surface area contributed by atoms with E-state index in [1.54, 1.807) is 0 Å². The summed E-state index contributed by atoms with van der Waals surface area (Å²) in [7, 11) is 0. The van der Waals surface area contributed by atoms with Gasteiger partial charge in [0.1, 0.15) is 5.82 Å². The van der Waals surface area contributed by atoms with Gasteiger partial charge in [-0.1, -0.05) is 19.1 Å². The molecule has 0 saturated carbocycles. The summed E-state index contributed by atoms with van der Waals surface area (Å²) >= 11 is 0. The predicted molar refractivity (Wildman–Crippen MR) is 123 cm³/mol. The zero-order valence-electron chi connectivity index (χ0n) is 17.5. The fourth-order valence-corrected chi connectivity index (χ4v) is 4.99. The first kappa shape index (κ1) is 24.0. The minimum Gasteiger partial charge on any atom is -0.332 e. The highest BCUT2D eigenvalue weighted by atomic mass is 35.5. The average molecular weight is 441 g/mol. The zero-order chi connectivity index (χ0) is 18.8. The molecule has 2 fully saturated rings. The number of aromatic nitrogens is 2. The highest BCUT2D eigenvalue weighted by Crippen LogP contribution is 2.35. The van der Waals surface area contributed by atoms with E-state index in [1.165, 1.54) is 18.4 Å². The lowest BCUT2D eigenvalue weighted by Gasteiger charge is -2.31. The Hall–Kier alpha value is -1.30. The summed E-state index contributed by atoms with van der Waals surface area (Å²) in [4.78, 5) is 20.2.